The molecule has 1 aromatic carbocycles. The van der Waals surface area contributed by atoms with E-state index in [1.165, 1.54) is 13.0 Å². The van der Waals surface area contributed by atoms with Gasteiger partial charge in [0.1, 0.15) is 0 Å². The van der Waals surface area contributed by atoms with E-state index in [0.717, 1.165) is 42.3 Å². The molecule has 2 saturated heterocycles. The van der Waals surface area contributed by atoms with Crippen molar-refractivity contribution in [2.75, 3.05) is 19.6 Å². The molecule has 0 saturated carbocycles. The summed E-state index contributed by atoms with van der Waals surface area (Å²) in [5, 5.41) is 0.963. The van der Waals surface area contributed by atoms with Crippen molar-refractivity contribution in [2.45, 2.75) is 32.0 Å². The average molecular weight is 310 g/mol. The van der Waals surface area contributed by atoms with Crippen LogP contribution in [0.2, 0.25) is 0 Å². The molecule has 1 amide bonds. The number of carbonyl (C=O) groups excluding carboxylic acids is 1. The predicted molar refractivity (Wildman–Crippen MR) is 90.1 cm³/mol. The van der Waals surface area contributed by atoms with Gasteiger partial charge in [0.05, 0.1) is 11.2 Å². The number of carbonyl (C=O) groups is 1. The molecule has 2 aliphatic rings. The monoisotopic (exact) mass is 310 g/mol. The van der Waals surface area contributed by atoms with Crippen molar-refractivity contribution in [1.82, 2.24) is 14.8 Å². The molecule has 1 aromatic heterocycles. The summed E-state index contributed by atoms with van der Waals surface area (Å²) in [6.07, 6.45) is 1.30. The molecular weight excluding hydrogens is 288 g/mol. The molecular formula is C18H22N4O. The molecule has 2 fully saturated rings. The highest BCUT2D eigenvalue weighted by Gasteiger charge is 2.42. The van der Waals surface area contributed by atoms with Crippen LogP contribution in [0.1, 0.15) is 29.4 Å². The molecule has 2 atom stereocenters. The van der Waals surface area contributed by atoms with Crippen LogP contribution in [-0.2, 0) is 6.54 Å². The molecule has 3 heterocycles. The number of likely N-dealkylation sites (N-methyl/N-ethyl adjacent to an activating group) is 1. The zero-order valence-electron chi connectivity index (χ0n) is 13.4. The van der Waals surface area contributed by atoms with Crippen LogP contribution in [0.15, 0.2) is 30.3 Å². The Kier molecular flexibility index (Phi) is 3.54. The van der Waals surface area contributed by atoms with Gasteiger partial charge in [-0.2, -0.15) is 0 Å². The maximum atomic E-state index is 11.3. The first kappa shape index (κ1) is 14.6. The van der Waals surface area contributed by atoms with E-state index in [1.54, 1.807) is 6.07 Å². The van der Waals surface area contributed by atoms with Crippen LogP contribution in [0.25, 0.3) is 10.9 Å². The van der Waals surface area contributed by atoms with E-state index < -0.39 is 5.91 Å². The minimum absolute atomic E-state index is 0.399. The highest BCUT2D eigenvalue weighted by Crippen LogP contribution is 2.31. The van der Waals surface area contributed by atoms with E-state index >= 15 is 0 Å². The van der Waals surface area contributed by atoms with Crippen LogP contribution in [0.4, 0.5) is 0 Å². The van der Waals surface area contributed by atoms with Gasteiger partial charge in [0.15, 0.2) is 0 Å². The lowest BCUT2D eigenvalue weighted by molar-refractivity contribution is 0.100. The maximum Gasteiger partial charge on any atom is 0.248 e. The molecule has 23 heavy (non-hydrogen) atoms. The maximum absolute atomic E-state index is 11.3. The van der Waals surface area contributed by atoms with Gasteiger partial charge in [-0.1, -0.05) is 13.0 Å². The molecule has 0 spiro atoms. The number of fused-ring (bicyclic) bond motifs is 3. The van der Waals surface area contributed by atoms with Gasteiger partial charge < -0.3 is 5.73 Å². The Morgan fingerprint density at radius 3 is 2.70 bits per heavy atom. The second-order valence-electron chi connectivity index (χ2n) is 6.63. The van der Waals surface area contributed by atoms with Crippen molar-refractivity contribution >= 4 is 16.8 Å². The molecule has 2 aliphatic heterocycles. The summed E-state index contributed by atoms with van der Waals surface area (Å²) in [4.78, 5) is 21.2. The van der Waals surface area contributed by atoms with Crippen molar-refractivity contribution in [3.05, 3.63) is 41.6 Å². The summed E-state index contributed by atoms with van der Waals surface area (Å²) in [7, 11) is 0. The van der Waals surface area contributed by atoms with Crippen molar-refractivity contribution < 1.29 is 4.79 Å². The van der Waals surface area contributed by atoms with Gasteiger partial charge in [0, 0.05) is 42.7 Å². The highest BCUT2D eigenvalue weighted by molar-refractivity contribution is 5.96. The van der Waals surface area contributed by atoms with Gasteiger partial charge in [-0.25, -0.2) is 0 Å². The summed E-state index contributed by atoms with van der Waals surface area (Å²) in [5.41, 5.74) is 7.88. The van der Waals surface area contributed by atoms with Crippen molar-refractivity contribution in [1.29, 1.82) is 0 Å². The van der Waals surface area contributed by atoms with Crippen molar-refractivity contribution in [3.8, 4) is 0 Å². The standard InChI is InChI=1S/C18H22N4O/c1-2-21-10-16-8-15(21)11-22(16)9-14-5-3-12-7-13(18(19)23)4-6-17(12)20-14/h3-7,15-16H,2,8-11H2,1H3,(H2,19,23)/t15-,16-/m0/s1. The van der Waals surface area contributed by atoms with Crippen molar-refractivity contribution in [3.63, 3.8) is 0 Å². The van der Waals surface area contributed by atoms with Gasteiger partial charge >= 0.3 is 0 Å². The van der Waals surface area contributed by atoms with E-state index in [2.05, 4.69) is 22.8 Å². The smallest absolute Gasteiger partial charge is 0.248 e. The Bertz CT molecular complexity index is 760. The Morgan fingerprint density at radius 2 is 2.00 bits per heavy atom. The number of benzene rings is 1. The van der Waals surface area contributed by atoms with Gasteiger partial charge in [-0.15, -0.1) is 0 Å². The lowest BCUT2D eigenvalue weighted by atomic mass is 10.1. The minimum Gasteiger partial charge on any atom is -0.366 e. The second-order valence-corrected chi connectivity index (χ2v) is 6.63. The summed E-state index contributed by atoms with van der Waals surface area (Å²) < 4.78 is 0. The third-order valence-electron chi connectivity index (χ3n) is 5.27. The number of rotatable bonds is 4. The van der Waals surface area contributed by atoms with Gasteiger partial charge in [0.25, 0.3) is 0 Å². The zero-order valence-corrected chi connectivity index (χ0v) is 13.4. The number of likely N-dealkylation sites (tertiary alicyclic amines) is 2. The third kappa shape index (κ3) is 2.60. The molecule has 2 bridgehead atoms. The Labute approximate surface area is 136 Å². The zero-order chi connectivity index (χ0) is 16.0. The highest BCUT2D eigenvalue weighted by atomic mass is 16.1. The summed E-state index contributed by atoms with van der Waals surface area (Å²) in [6, 6.07) is 10.9. The summed E-state index contributed by atoms with van der Waals surface area (Å²) in [6.45, 7) is 6.66. The third-order valence-corrected chi connectivity index (χ3v) is 5.27. The topological polar surface area (TPSA) is 62.5 Å². The van der Waals surface area contributed by atoms with Crippen LogP contribution in [0.5, 0.6) is 0 Å². The molecule has 5 heteroatoms. The summed E-state index contributed by atoms with van der Waals surface area (Å²) in [5.74, 6) is -0.399. The second kappa shape index (κ2) is 5.58. The molecule has 2 N–H and O–H groups in total. The van der Waals surface area contributed by atoms with Crippen LogP contribution in [0, 0.1) is 0 Å². The number of nitrogens with zero attached hydrogens (tertiary/aromatic N) is 3. The number of hydrogen-bond donors (Lipinski definition) is 1. The van der Waals surface area contributed by atoms with Gasteiger partial charge in [-0.05, 0) is 37.2 Å². The number of pyridine rings is 1. The lowest BCUT2D eigenvalue weighted by Gasteiger charge is -2.33. The van der Waals surface area contributed by atoms with E-state index in [-0.39, 0.29) is 0 Å². The average Bonchev–Trinajstić information content (AvgIpc) is 3.13. The van der Waals surface area contributed by atoms with Crippen LogP contribution < -0.4 is 5.73 Å². The first-order valence-electron chi connectivity index (χ1n) is 8.31. The Balaban J connectivity index is 1.52. The van der Waals surface area contributed by atoms with Crippen LogP contribution in [0.3, 0.4) is 0 Å². The molecule has 2 aromatic rings. The first-order valence-corrected chi connectivity index (χ1v) is 8.31. The van der Waals surface area contributed by atoms with Crippen molar-refractivity contribution in [2.24, 2.45) is 5.73 Å². The number of amides is 1. The van der Waals surface area contributed by atoms with E-state index in [0.29, 0.717) is 11.6 Å². The summed E-state index contributed by atoms with van der Waals surface area (Å²) >= 11 is 0. The van der Waals surface area contributed by atoms with E-state index in [9.17, 15) is 4.79 Å². The van der Waals surface area contributed by atoms with E-state index in [1.807, 2.05) is 18.2 Å². The Hall–Kier alpha value is -1.98. The SMILES string of the molecule is CCN1C[C@@H]2C[C@H]1CN2Cc1ccc2cc(C(N)=O)ccc2n1. The Morgan fingerprint density at radius 1 is 1.22 bits per heavy atom. The fourth-order valence-electron chi connectivity index (χ4n) is 4.03. The molecule has 0 radical (unpaired) electrons. The molecule has 120 valence electrons. The lowest BCUT2D eigenvalue weighted by Crippen LogP contribution is -2.45. The fourth-order valence-corrected chi connectivity index (χ4v) is 4.03. The molecule has 5 nitrogen and oxygen atoms in total. The molecule has 0 unspecified atom stereocenters. The fraction of sp³-hybridized carbons (Fsp3) is 0.444. The largest absolute Gasteiger partial charge is 0.366 e. The normalized spacial score (nSPS) is 24.6. The quantitative estimate of drug-likeness (QED) is 0.932. The van der Waals surface area contributed by atoms with Crippen LogP contribution >= 0.6 is 0 Å². The van der Waals surface area contributed by atoms with Gasteiger partial charge in [-0.3, -0.25) is 19.6 Å². The van der Waals surface area contributed by atoms with E-state index in [4.69, 9.17) is 10.7 Å². The minimum atomic E-state index is -0.399. The number of piperazine rings is 1. The predicted octanol–water partition coefficient (Wildman–Crippen LogP) is 1.61. The van der Waals surface area contributed by atoms with Crippen LogP contribution in [-0.4, -0.2) is 52.4 Å². The van der Waals surface area contributed by atoms with Gasteiger partial charge in [0.2, 0.25) is 5.91 Å². The number of hydrogen-bond acceptors (Lipinski definition) is 4. The molecule has 0 aliphatic carbocycles. The number of nitrogens with two attached hydrogens (primary N) is 1. The first-order chi connectivity index (χ1) is 11.1. The number of primary amides is 1. The molecule has 4 rings (SSSR count). The number of aromatic nitrogens is 1.